The van der Waals surface area contributed by atoms with E-state index < -0.39 is 0 Å². The predicted octanol–water partition coefficient (Wildman–Crippen LogP) is 3.22. The van der Waals surface area contributed by atoms with Crippen LogP contribution in [0.3, 0.4) is 0 Å². The molecular weight excluding hydrogens is 444 g/mol. The lowest BCUT2D eigenvalue weighted by Crippen LogP contribution is -2.54. The van der Waals surface area contributed by atoms with Crippen LogP contribution in [0.5, 0.6) is 0 Å². The van der Waals surface area contributed by atoms with E-state index in [9.17, 15) is 4.79 Å². The molecule has 1 N–H and O–H groups in total. The number of imidazole rings is 1. The average molecular weight is 479 g/mol. The molecule has 35 heavy (non-hydrogen) atoms. The van der Waals surface area contributed by atoms with Gasteiger partial charge >= 0.3 is 0 Å². The molecule has 3 aromatic rings. The van der Waals surface area contributed by atoms with Crippen molar-refractivity contribution in [2.75, 3.05) is 18.4 Å². The average Bonchev–Trinajstić information content (AvgIpc) is 3.50. The molecule has 0 spiro atoms. The van der Waals surface area contributed by atoms with Crippen molar-refractivity contribution in [2.24, 2.45) is 5.92 Å². The molecule has 1 aliphatic carbocycles. The minimum atomic E-state index is -0.356. The van der Waals surface area contributed by atoms with E-state index in [1.807, 2.05) is 30.2 Å². The third-order valence-corrected chi connectivity index (χ3v) is 7.05. The minimum Gasteiger partial charge on any atom is -0.372 e. The van der Waals surface area contributed by atoms with Crippen molar-refractivity contribution in [3.05, 3.63) is 24.5 Å². The summed E-state index contributed by atoms with van der Waals surface area (Å²) >= 11 is 0. The number of anilines is 1. The van der Waals surface area contributed by atoms with Gasteiger partial charge in [-0.25, -0.2) is 24.9 Å². The van der Waals surface area contributed by atoms with Crippen LogP contribution < -0.4 is 5.32 Å². The third-order valence-electron chi connectivity index (χ3n) is 7.05. The van der Waals surface area contributed by atoms with Crippen molar-refractivity contribution in [3.63, 3.8) is 0 Å². The van der Waals surface area contributed by atoms with E-state index in [0.717, 1.165) is 42.7 Å². The van der Waals surface area contributed by atoms with Crippen molar-refractivity contribution in [1.82, 2.24) is 34.4 Å². The van der Waals surface area contributed by atoms with Gasteiger partial charge in [0.15, 0.2) is 17.0 Å². The summed E-state index contributed by atoms with van der Waals surface area (Å²) in [4.78, 5) is 38.4. The van der Waals surface area contributed by atoms with Gasteiger partial charge in [-0.05, 0) is 46.5 Å². The number of ether oxygens (including phenoxy) is 1. The van der Waals surface area contributed by atoms with Gasteiger partial charge in [-0.2, -0.15) is 0 Å². The number of hydrogen-bond acceptors (Lipinski definition) is 8. The molecule has 1 saturated heterocycles. The summed E-state index contributed by atoms with van der Waals surface area (Å²) < 4.78 is 7.90. The Bertz CT molecular complexity index is 1180. The highest BCUT2D eigenvalue weighted by Crippen LogP contribution is 2.33. The third kappa shape index (κ3) is 4.71. The Morgan fingerprint density at radius 1 is 1.11 bits per heavy atom. The van der Waals surface area contributed by atoms with E-state index in [4.69, 9.17) is 9.72 Å². The molecule has 1 amide bonds. The van der Waals surface area contributed by atoms with Crippen LogP contribution in [0.15, 0.2) is 18.7 Å². The van der Waals surface area contributed by atoms with Gasteiger partial charge in [-0.15, -0.1) is 0 Å². The van der Waals surface area contributed by atoms with Crippen molar-refractivity contribution >= 4 is 22.9 Å². The molecule has 3 atom stereocenters. The number of nitrogens with one attached hydrogen (secondary N) is 1. The molecule has 10 heteroatoms. The largest absolute Gasteiger partial charge is 0.372 e. The summed E-state index contributed by atoms with van der Waals surface area (Å²) in [5, 5.41) is 3.53. The molecule has 0 radical (unpaired) electrons. The second-order valence-corrected chi connectivity index (χ2v) is 9.76. The van der Waals surface area contributed by atoms with E-state index in [1.54, 1.807) is 18.7 Å². The Kier molecular flexibility index (Phi) is 6.64. The summed E-state index contributed by atoms with van der Waals surface area (Å²) in [6.07, 6.45) is 9.51. The lowest BCUT2D eigenvalue weighted by molar-refractivity contribution is -0.145. The molecule has 0 bridgehead atoms. The standard InChI is InChI=1S/C25H34N8O2/c1-5-33-23(19-10-26-17(4)27-11-19)31-21-22(28-14-29-24(21)33)30-20(18-8-6-7-9-18)25(34)32-12-15(2)35-16(3)13-32/h10-11,14-16,18,20H,5-9,12-13H2,1-4H3,(H,28,29,30)/t15-,16+,20-/m1/s1. The molecule has 2 aliphatic rings. The fraction of sp³-hybridized carbons (Fsp3) is 0.600. The molecule has 2 fully saturated rings. The number of nitrogens with zero attached hydrogens (tertiary/aromatic N) is 7. The van der Waals surface area contributed by atoms with Gasteiger partial charge in [0.05, 0.1) is 17.8 Å². The maximum Gasteiger partial charge on any atom is 0.245 e. The first-order chi connectivity index (χ1) is 16.9. The molecule has 4 heterocycles. The van der Waals surface area contributed by atoms with Crippen LogP contribution in [0.4, 0.5) is 5.82 Å². The van der Waals surface area contributed by atoms with Crippen molar-refractivity contribution in [2.45, 2.75) is 78.2 Å². The highest BCUT2D eigenvalue weighted by atomic mass is 16.5. The molecule has 3 aromatic heterocycles. The number of aryl methyl sites for hydroxylation is 2. The Morgan fingerprint density at radius 3 is 2.46 bits per heavy atom. The van der Waals surface area contributed by atoms with Crippen molar-refractivity contribution in [3.8, 4) is 11.4 Å². The van der Waals surface area contributed by atoms with E-state index in [-0.39, 0.29) is 30.1 Å². The molecule has 1 saturated carbocycles. The summed E-state index contributed by atoms with van der Waals surface area (Å²) in [6, 6.07) is -0.356. The monoisotopic (exact) mass is 478 g/mol. The highest BCUT2D eigenvalue weighted by Gasteiger charge is 2.37. The van der Waals surface area contributed by atoms with Crippen LogP contribution in [0.25, 0.3) is 22.6 Å². The first-order valence-electron chi connectivity index (χ1n) is 12.7. The van der Waals surface area contributed by atoms with Crippen LogP contribution in [0.1, 0.15) is 52.3 Å². The summed E-state index contributed by atoms with van der Waals surface area (Å²) in [5.74, 6) is 2.42. The van der Waals surface area contributed by atoms with Gasteiger partial charge in [-0.1, -0.05) is 12.8 Å². The van der Waals surface area contributed by atoms with Gasteiger partial charge in [0.1, 0.15) is 24.0 Å². The lowest BCUT2D eigenvalue weighted by Gasteiger charge is -2.38. The Labute approximate surface area is 205 Å². The molecule has 10 nitrogen and oxygen atoms in total. The maximum absolute atomic E-state index is 13.8. The van der Waals surface area contributed by atoms with E-state index in [0.29, 0.717) is 36.8 Å². The van der Waals surface area contributed by atoms with E-state index >= 15 is 0 Å². The smallest absolute Gasteiger partial charge is 0.245 e. The Hall–Kier alpha value is -3.14. The Balaban J connectivity index is 1.51. The maximum atomic E-state index is 13.8. The highest BCUT2D eigenvalue weighted by molar-refractivity contribution is 5.90. The topological polar surface area (TPSA) is 111 Å². The normalized spacial score (nSPS) is 22.0. The number of amides is 1. The zero-order chi connectivity index (χ0) is 24.5. The number of aromatic nitrogens is 6. The van der Waals surface area contributed by atoms with E-state index in [1.165, 1.54) is 0 Å². The fourth-order valence-electron chi connectivity index (χ4n) is 5.44. The minimum absolute atomic E-state index is 0.0252. The van der Waals surface area contributed by atoms with Crippen LogP contribution in [0, 0.1) is 12.8 Å². The number of hydrogen-bond donors (Lipinski definition) is 1. The number of morpholine rings is 1. The summed E-state index contributed by atoms with van der Waals surface area (Å²) in [5.41, 5.74) is 2.21. The Morgan fingerprint density at radius 2 is 1.80 bits per heavy atom. The second kappa shape index (κ2) is 9.85. The van der Waals surface area contributed by atoms with Gasteiger partial charge in [0.25, 0.3) is 0 Å². The molecule has 0 aromatic carbocycles. The number of rotatable bonds is 6. The predicted molar refractivity (Wildman–Crippen MR) is 133 cm³/mol. The zero-order valence-electron chi connectivity index (χ0n) is 20.9. The lowest BCUT2D eigenvalue weighted by atomic mass is 9.96. The van der Waals surface area contributed by atoms with Crippen molar-refractivity contribution in [1.29, 1.82) is 0 Å². The fourth-order valence-corrected chi connectivity index (χ4v) is 5.44. The number of fused-ring (bicyclic) bond motifs is 1. The number of carbonyl (C=O) groups is 1. The second-order valence-electron chi connectivity index (χ2n) is 9.76. The van der Waals surface area contributed by atoms with Crippen LogP contribution in [0.2, 0.25) is 0 Å². The molecule has 0 unspecified atom stereocenters. The van der Waals surface area contributed by atoms with E-state index in [2.05, 4.69) is 32.2 Å². The summed E-state index contributed by atoms with van der Waals surface area (Å²) in [7, 11) is 0. The molecular formula is C25H34N8O2. The van der Waals surface area contributed by atoms with Crippen molar-refractivity contribution < 1.29 is 9.53 Å². The van der Waals surface area contributed by atoms with Gasteiger partial charge in [-0.3, -0.25) is 4.79 Å². The first-order valence-corrected chi connectivity index (χ1v) is 12.7. The molecule has 5 rings (SSSR count). The molecule has 1 aliphatic heterocycles. The zero-order valence-corrected chi connectivity index (χ0v) is 20.9. The van der Waals surface area contributed by atoms with Crippen LogP contribution >= 0.6 is 0 Å². The first kappa shape index (κ1) is 23.6. The van der Waals surface area contributed by atoms with Crippen LogP contribution in [-0.4, -0.2) is 71.6 Å². The number of carbonyl (C=O) groups excluding carboxylic acids is 1. The summed E-state index contributed by atoms with van der Waals surface area (Å²) in [6.45, 7) is 9.86. The quantitative estimate of drug-likeness (QED) is 0.575. The van der Waals surface area contributed by atoms with Crippen LogP contribution in [-0.2, 0) is 16.1 Å². The van der Waals surface area contributed by atoms with Gasteiger partial charge in [0, 0.05) is 32.0 Å². The van der Waals surface area contributed by atoms with Gasteiger partial charge in [0.2, 0.25) is 5.91 Å². The molecule has 186 valence electrons. The van der Waals surface area contributed by atoms with Gasteiger partial charge < -0.3 is 19.5 Å². The SMILES string of the molecule is CCn1c(-c2cnc(C)nc2)nc2c(N[C@@H](C(=O)N3C[C@@H](C)O[C@@H](C)C3)C3CCCC3)ncnc21.